The number of allylic oxidation sites excluding steroid dienone is 1. The van der Waals surface area contributed by atoms with Gasteiger partial charge in [0.15, 0.2) is 17.3 Å². The number of phenolic OH excluding ortho intramolecular Hbond substituents is 1. The largest absolute Gasteiger partial charge is 0.508 e. The van der Waals surface area contributed by atoms with E-state index in [2.05, 4.69) is 0 Å². The van der Waals surface area contributed by atoms with Gasteiger partial charge >= 0.3 is 0 Å². The maximum absolute atomic E-state index is 12.1. The van der Waals surface area contributed by atoms with Crippen LogP contribution in [-0.4, -0.2) is 30.0 Å². The Bertz CT molecular complexity index is 813. The fourth-order valence-corrected chi connectivity index (χ4v) is 2.10. The van der Waals surface area contributed by atoms with Gasteiger partial charge in [-0.15, -0.1) is 0 Å². The zero-order valence-corrected chi connectivity index (χ0v) is 13.1. The molecule has 2 aromatic rings. The molecule has 1 N–H and O–H groups in total. The number of hydrogen-bond donors (Lipinski definition) is 1. The summed E-state index contributed by atoms with van der Waals surface area (Å²) in [6.45, 7) is 0. The molecule has 24 heavy (non-hydrogen) atoms. The van der Waals surface area contributed by atoms with Gasteiger partial charge in [-0.05, 0) is 30.4 Å². The second-order valence-electron chi connectivity index (χ2n) is 4.77. The fraction of sp³-hybridized carbons (Fsp3) is 0.118. The highest BCUT2D eigenvalue weighted by Gasteiger charge is 2.18. The topological polar surface area (TPSA) is 98.9 Å². The molecule has 0 aliphatic heterocycles. The van der Waals surface area contributed by atoms with Crippen molar-refractivity contribution < 1.29 is 24.3 Å². The van der Waals surface area contributed by atoms with Gasteiger partial charge in [0.25, 0.3) is 5.69 Å². The van der Waals surface area contributed by atoms with E-state index in [1.165, 1.54) is 62.8 Å². The van der Waals surface area contributed by atoms with Crippen LogP contribution in [0.1, 0.15) is 15.9 Å². The molecule has 2 aromatic carbocycles. The molecule has 0 aliphatic carbocycles. The zero-order chi connectivity index (χ0) is 17.7. The molecule has 0 atom stereocenters. The first-order valence-electron chi connectivity index (χ1n) is 6.88. The minimum Gasteiger partial charge on any atom is -0.508 e. The third-order valence-corrected chi connectivity index (χ3v) is 3.27. The minimum atomic E-state index is -0.569. The number of phenols is 1. The van der Waals surface area contributed by atoms with Gasteiger partial charge in [-0.2, -0.15) is 0 Å². The predicted molar refractivity (Wildman–Crippen MR) is 87.7 cm³/mol. The second-order valence-corrected chi connectivity index (χ2v) is 4.77. The molecular formula is C17H15NO6. The van der Waals surface area contributed by atoms with Crippen molar-refractivity contribution in [3.63, 3.8) is 0 Å². The Hall–Kier alpha value is -3.35. The van der Waals surface area contributed by atoms with Crippen molar-refractivity contribution in [1.82, 2.24) is 0 Å². The minimum absolute atomic E-state index is 0.0358. The molecule has 0 heterocycles. The highest BCUT2D eigenvalue weighted by molar-refractivity contribution is 6.07. The molecule has 0 unspecified atom stereocenters. The van der Waals surface area contributed by atoms with Crippen molar-refractivity contribution in [2.24, 2.45) is 0 Å². The van der Waals surface area contributed by atoms with Gasteiger partial charge in [-0.3, -0.25) is 14.9 Å². The quantitative estimate of drug-likeness (QED) is 0.378. The van der Waals surface area contributed by atoms with Crippen molar-refractivity contribution in [2.75, 3.05) is 14.2 Å². The Kier molecular flexibility index (Phi) is 5.16. The van der Waals surface area contributed by atoms with E-state index in [4.69, 9.17) is 9.47 Å². The van der Waals surface area contributed by atoms with E-state index >= 15 is 0 Å². The lowest BCUT2D eigenvalue weighted by atomic mass is 10.1. The molecule has 0 bridgehead atoms. The lowest BCUT2D eigenvalue weighted by molar-refractivity contribution is -0.385. The van der Waals surface area contributed by atoms with Crippen molar-refractivity contribution >= 4 is 17.5 Å². The van der Waals surface area contributed by atoms with E-state index in [1.54, 1.807) is 0 Å². The van der Waals surface area contributed by atoms with Crippen LogP contribution in [0, 0.1) is 10.1 Å². The first kappa shape index (κ1) is 17.0. The number of aromatic hydroxyl groups is 1. The molecule has 0 saturated carbocycles. The average Bonchev–Trinajstić information content (AvgIpc) is 2.58. The SMILES string of the molecule is COc1cc(/C=C/C(=O)c2cccc(O)c2)c([N+](=O)[O-])cc1OC. The molecule has 0 radical (unpaired) electrons. The van der Waals surface area contributed by atoms with Gasteiger partial charge < -0.3 is 14.6 Å². The van der Waals surface area contributed by atoms with Crippen LogP contribution in [0.3, 0.4) is 0 Å². The molecular weight excluding hydrogens is 314 g/mol. The first-order chi connectivity index (χ1) is 11.5. The summed E-state index contributed by atoms with van der Waals surface area (Å²) in [7, 11) is 2.79. The summed E-state index contributed by atoms with van der Waals surface area (Å²) in [5, 5.41) is 20.6. The van der Waals surface area contributed by atoms with Crippen LogP contribution < -0.4 is 9.47 Å². The number of carbonyl (C=O) groups excluding carboxylic acids is 1. The Labute approximate surface area is 137 Å². The lowest BCUT2D eigenvalue weighted by Gasteiger charge is -2.08. The van der Waals surface area contributed by atoms with Gasteiger partial charge in [0.05, 0.1) is 30.8 Å². The fourth-order valence-electron chi connectivity index (χ4n) is 2.10. The molecule has 0 spiro atoms. The van der Waals surface area contributed by atoms with E-state index in [0.717, 1.165) is 0 Å². The number of ether oxygens (including phenoxy) is 2. The standard InChI is InChI=1S/C17H15NO6/c1-23-16-9-11(14(18(21)22)10-17(16)24-2)6-7-15(20)12-4-3-5-13(19)8-12/h3-10,19H,1-2H3/b7-6+. The molecule has 0 aromatic heterocycles. The van der Waals surface area contributed by atoms with Crippen molar-refractivity contribution in [3.05, 3.63) is 63.7 Å². The molecule has 0 saturated heterocycles. The molecule has 0 amide bonds. The third-order valence-electron chi connectivity index (χ3n) is 3.27. The Morgan fingerprint density at radius 2 is 1.83 bits per heavy atom. The van der Waals surface area contributed by atoms with Crippen molar-refractivity contribution in [2.45, 2.75) is 0 Å². The summed E-state index contributed by atoms with van der Waals surface area (Å²) in [5.74, 6) is 0.106. The number of methoxy groups -OCH3 is 2. The van der Waals surface area contributed by atoms with Crippen LogP contribution >= 0.6 is 0 Å². The van der Waals surface area contributed by atoms with Gasteiger partial charge in [-0.1, -0.05) is 12.1 Å². The monoisotopic (exact) mass is 329 g/mol. The lowest BCUT2D eigenvalue weighted by Crippen LogP contribution is -1.98. The summed E-state index contributed by atoms with van der Waals surface area (Å²) < 4.78 is 10.2. The van der Waals surface area contributed by atoms with Crippen molar-refractivity contribution in [1.29, 1.82) is 0 Å². The number of benzene rings is 2. The Balaban J connectivity index is 2.40. The molecule has 7 nitrogen and oxygen atoms in total. The van der Waals surface area contributed by atoms with E-state index in [1.807, 2.05) is 0 Å². The normalized spacial score (nSPS) is 10.6. The van der Waals surface area contributed by atoms with Gasteiger partial charge in [0, 0.05) is 5.56 Å². The maximum atomic E-state index is 12.1. The number of nitro groups is 1. The van der Waals surface area contributed by atoms with E-state index in [-0.39, 0.29) is 28.3 Å². The molecule has 0 fully saturated rings. The molecule has 124 valence electrons. The van der Waals surface area contributed by atoms with E-state index in [0.29, 0.717) is 5.75 Å². The smallest absolute Gasteiger partial charge is 0.280 e. The van der Waals surface area contributed by atoms with Crippen molar-refractivity contribution in [3.8, 4) is 17.2 Å². The van der Waals surface area contributed by atoms with E-state index in [9.17, 15) is 20.0 Å². The molecule has 0 aliphatic rings. The van der Waals surface area contributed by atoms with Gasteiger partial charge in [0.2, 0.25) is 0 Å². The summed E-state index contributed by atoms with van der Waals surface area (Å²) in [6, 6.07) is 8.49. The number of nitro benzene ring substituents is 1. The number of nitrogens with zero attached hydrogens (tertiary/aromatic N) is 1. The first-order valence-corrected chi connectivity index (χ1v) is 6.88. The molecule has 2 rings (SSSR count). The zero-order valence-electron chi connectivity index (χ0n) is 13.1. The van der Waals surface area contributed by atoms with Crippen LogP contribution in [0.15, 0.2) is 42.5 Å². The molecule has 7 heteroatoms. The third kappa shape index (κ3) is 3.70. The Morgan fingerprint density at radius 1 is 1.17 bits per heavy atom. The highest BCUT2D eigenvalue weighted by atomic mass is 16.6. The summed E-state index contributed by atoms with van der Waals surface area (Å²) in [4.78, 5) is 22.7. The predicted octanol–water partition coefficient (Wildman–Crippen LogP) is 3.21. The van der Waals surface area contributed by atoms with Crippen LogP contribution in [0.25, 0.3) is 6.08 Å². The van der Waals surface area contributed by atoms with Gasteiger partial charge in [0.1, 0.15) is 5.75 Å². The van der Waals surface area contributed by atoms with Crippen LogP contribution in [0.2, 0.25) is 0 Å². The number of hydrogen-bond acceptors (Lipinski definition) is 6. The number of rotatable bonds is 6. The number of carbonyl (C=O) groups is 1. The summed E-state index contributed by atoms with van der Waals surface area (Å²) in [6.07, 6.45) is 2.52. The second kappa shape index (κ2) is 7.28. The summed E-state index contributed by atoms with van der Waals surface area (Å²) in [5.41, 5.74) is 0.258. The average molecular weight is 329 g/mol. The Morgan fingerprint density at radius 3 is 2.42 bits per heavy atom. The summed E-state index contributed by atoms with van der Waals surface area (Å²) >= 11 is 0. The van der Waals surface area contributed by atoms with Crippen LogP contribution in [-0.2, 0) is 0 Å². The van der Waals surface area contributed by atoms with Crippen LogP contribution in [0.5, 0.6) is 17.2 Å². The van der Waals surface area contributed by atoms with E-state index < -0.39 is 10.7 Å². The maximum Gasteiger partial charge on any atom is 0.280 e. The number of ketones is 1. The van der Waals surface area contributed by atoms with Gasteiger partial charge in [-0.25, -0.2) is 0 Å². The highest BCUT2D eigenvalue weighted by Crippen LogP contribution is 2.35. The van der Waals surface area contributed by atoms with Crippen LogP contribution in [0.4, 0.5) is 5.69 Å².